The van der Waals surface area contributed by atoms with E-state index >= 15 is 0 Å². The van der Waals surface area contributed by atoms with Crippen LogP contribution in [0.5, 0.6) is 5.75 Å². The van der Waals surface area contributed by atoms with Crippen LogP contribution in [-0.4, -0.2) is 36.0 Å². The fourth-order valence-electron chi connectivity index (χ4n) is 2.61. The summed E-state index contributed by atoms with van der Waals surface area (Å²) in [7, 11) is 1.56. The second kappa shape index (κ2) is 8.46. The van der Waals surface area contributed by atoms with E-state index in [1.807, 2.05) is 30.3 Å². The summed E-state index contributed by atoms with van der Waals surface area (Å²) in [4.78, 5) is 12.7. The molecule has 1 N–H and O–H groups in total. The predicted octanol–water partition coefficient (Wildman–Crippen LogP) is 3.60. The van der Waals surface area contributed by atoms with E-state index in [-0.39, 0.29) is 12.3 Å². The Bertz CT molecular complexity index is 925. The molecule has 0 fully saturated rings. The maximum Gasteiger partial charge on any atom is 0.259 e. The quantitative estimate of drug-likeness (QED) is 0.647. The molecule has 140 valence electrons. The van der Waals surface area contributed by atoms with Gasteiger partial charge in [-0.05, 0) is 31.2 Å². The zero-order chi connectivity index (χ0) is 19.2. The maximum atomic E-state index is 13.6. The van der Waals surface area contributed by atoms with Gasteiger partial charge in [-0.15, -0.1) is 0 Å². The summed E-state index contributed by atoms with van der Waals surface area (Å²) >= 11 is 0. The van der Waals surface area contributed by atoms with Crippen molar-refractivity contribution in [3.05, 3.63) is 71.8 Å². The van der Waals surface area contributed by atoms with Crippen LogP contribution in [0, 0.1) is 12.7 Å². The Kier molecular flexibility index (Phi) is 5.83. The molecule has 6 nitrogen and oxygen atoms in total. The molecule has 27 heavy (non-hydrogen) atoms. The van der Waals surface area contributed by atoms with Gasteiger partial charge in [0.05, 0.1) is 35.4 Å². The molecule has 1 heterocycles. The van der Waals surface area contributed by atoms with Gasteiger partial charge in [0.15, 0.2) is 0 Å². The van der Waals surface area contributed by atoms with E-state index in [9.17, 15) is 9.18 Å². The number of nitrogens with zero attached hydrogens (tertiary/aromatic N) is 2. The third kappa shape index (κ3) is 4.32. The normalized spacial score (nSPS) is 10.6. The molecular weight excluding hydrogens is 349 g/mol. The van der Waals surface area contributed by atoms with E-state index in [0.717, 1.165) is 5.69 Å². The minimum atomic E-state index is -0.471. The van der Waals surface area contributed by atoms with Crippen molar-refractivity contribution in [1.29, 1.82) is 0 Å². The van der Waals surface area contributed by atoms with Crippen LogP contribution in [0.1, 0.15) is 16.1 Å². The SMILES string of the molecule is COCCOc1ccc(F)cc1NC(=O)c1cnn(-c2ccccc2)c1C. The van der Waals surface area contributed by atoms with Gasteiger partial charge in [-0.3, -0.25) is 4.79 Å². The van der Waals surface area contributed by atoms with Crippen LogP contribution in [-0.2, 0) is 4.74 Å². The van der Waals surface area contributed by atoms with Gasteiger partial charge in [-0.1, -0.05) is 18.2 Å². The molecule has 0 aliphatic carbocycles. The van der Waals surface area contributed by atoms with Crippen molar-refractivity contribution in [3.63, 3.8) is 0 Å². The number of anilines is 1. The van der Waals surface area contributed by atoms with Crippen LogP contribution in [0.15, 0.2) is 54.7 Å². The highest BCUT2D eigenvalue weighted by molar-refractivity contribution is 6.05. The van der Waals surface area contributed by atoms with Crippen LogP contribution < -0.4 is 10.1 Å². The fourth-order valence-corrected chi connectivity index (χ4v) is 2.61. The number of aromatic nitrogens is 2. The lowest BCUT2D eigenvalue weighted by atomic mass is 10.2. The van der Waals surface area contributed by atoms with Crippen molar-refractivity contribution < 1.29 is 18.7 Å². The van der Waals surface area contributed by atoms with Gasteiger partial charge in [-0.2, -0.15) is 5.10 Å². The lowest BCUT2D eigenvalue weighted by Gasteiger charge is -2.12. The van der Waals surface area contributed by atoms with Gasteiger partial charge < -0.3 is 14.8 Å². The number of benzene rings is 2. The third-order valence-corrected chi connectivity index (χ3v) is 3.99. The van der Waals surface area contributed by atoms with Crippen molar-refractivity contribution in [2.45, 2.75) is 6.92 Å². The number of rotatable bonds is 7. The number of methoxy groups -OCH3 is 1. The van der Waals surface area contributed by atoms with Gasteiger partial charge >= 0.3 is 0 Å². The number of carbonyl (C=O) groups excluding carboxylic acids is 1. The minimum Gasteiger partial charge on any atom is -0.489 e. The first-order valence-electron chi connectivity index (χ1n) is 8.43. The maximum absolute atomic E-state index is 13.6. The Labute approximate surface area is 156 Å². The smallest absolute Gasteiger partial charge is 0.259 e. The van der Waals surface area contributed by atoms with Crippen LogP contribution in [0.4, 0.5) is 10.1 Å². The molecule has 1 amide bonds. The van der Waals surface area contributed by atoms with E-state index in [0.29, 0.717) is 23.6 Å². The van der Waals surface area contributed by atoms with Gasteiger partial charge in [-0.25, -0.2) is 9.07 Å². The Morgan fingerprint density at radius 3 is 2.70 bits per heavy atom. The monoisotopic (exact) mass is 369 g/mol. The molecule has 2 aromatic carbocycles. The summed E-state index contributed by atoms with van der Waals surface area (Å²) in [6, 6.07) is 13.5. The number of para-hydroxylation sites is 1. The van der Waals surface area contributed by atoms with Crippen LogP contribution in [0.3, 0.4) is 0 Å². The zero-order valence-corrected chi connectivity index (χ0v) is 15.1. The van der Waals surface area contributed by atoms with E-state index in [4.69, 9.17) is 9.47 Å². The summed E-state index contributed by atoms with van der Waals surface area (Å²) in [6.07, 6.45) is 1.49. The topological polar surface area (TPSA) is 65.4 Å². The molecule has 0 unspecified atom stereocenters. The molecule has 3 aromatic rings. The number of hydrogen-bond acceptors (Lipinski definition) is 4. The largest absolute Gasteiger partial charge is 0.489 e. The number of amides is 1. The van der Waals surface area contributed by atoms with Crippen LogP contribution in [0.25, 0.3) is 5.69 Å². The molecule has 0 spiro atoms. The second-order valence-corrected chi connectivity index (χ2v) is 5.83. The molecule has 7 heteroatoms. The van der Waals surface area contributed by atoms with Crippen molar-refractivity contribution in [2.75, 3.05) is 25.6 Å². The molecule has 0 radical (unpaired) electrons. The van der Waals surface area contributed by atoms with Gasteiger partial charge in [0, 0.05) is 13.2 Å². The number of halogens is 1. The van der Waals surface area contributed by atoms with Gasteiger partial charge in [0.1, 0.15) is 18.2 Å². The van der Waals surface area contributed by atoms with Crippen LogP contribution >= 0.6 is 0 Å². The number of hydrogen-bond donors (Lipinski definition) is 1. The van der Waals surface area contributed by atoms with E-state index < -0.39 is 11.7 Å². The average molecular weight is 369 g/mol. The van der Waals surface area contributed by atoms with E-state index in [2.05, 4.69) is 10.4 Å². The Balaban J connectivity index is 1.82. The number of carbonyl (C=O) groups is 1. The average Bonchev–Trinajstić information content (AvgIpc) is 3.06. The lowest BCUT2D eigenvalue weighted by Crippen LogP contribution is -2.15. The molecule has 0 aliphatic rings. The van der Waals surface area contributed by atoms with Gasteiger partial charge in [0.25, 0.3) is 5.91 Å². The third-order valence-electron chi connectivity index (χ3n) is 3.99. The number of ether oxygens (including phenoxy) is 2. The zero-order valence-electron chi connectivity index (χ0n) is 15.1. The number of nitrogens with one attached hydrogen (secondary N) is 1. The highest BCUT2D eigenvalue weighted by Gasteiger charge is 2.17. The summed E-state index contributed by atoms with van der Waals surface area (Å²) in [6.45, 7) is 2.47. The molecule has 0 saturated heterocycles. The predicted molar refractivity (Wildman–Crippen MR) is 100 cm³/mol. The minimum absolute atomic E-state index is 0.253. The Morgan fingerprint density at radius 1 is 1.19 bits per heavy atom. The molecule has 0 saturated carbocycles. The van der Waals surface area contributed by atoms with Crippen molar-refractivity contribution in [2.24, 2.45) is 0 Å². The molecule has 0 bridgehead atoms. The van der Waals surface area contributed by atoms with E-state index in [1.54, 1.807) is 18.7 Å². The standard InChI is InChI=1S/C20H20FN3O3/c1-14-17(13-22-24(14)16-6-4-3-5-7-16)20(25)23-18-12-15(21)8-9-19(18)27-11-10-26-2/h3-9,12-13H,10-11H2,1-2H3,(H,23,25). The Hall–Kier alpha value is -3.19. The highest BCUT2D eigenvalue weighted by Crippen LogP contribution is 2.26. The highest BCUT2D eigenvalue weighted by atomic mass is 19.1. The summed E-state index contributed by atoms with van der Waals surface area (Å²) in [5.74, 6) is -0.493. The van der Waals surface area contributed by atoms with E-state index in [1.165, 1.54) is 24.4 Å². The van der Waals surface area contributed by atoms with Gasteiger partial charge in [0.2, 0.25) is 0 Å². The first-order valence-corrected chi connectivity index (χ1v) is 8.43. The van der Waals surface area contributed by atoms with Crippen molar-refractivity contribution in [1.82, 2.24) is 9.78 Å². The summed E-state index contributed by atoms with van der Waals surface area (Å²) < 4.78 is 25.8. The molecule has 3 rings (SSSR count). The summed E-state index contributed by atoms with van der Waals surface area (Å²) in [5, 5.41) is 6.99. The molecule has 0 atom stereocenters. The van der Waals surface area contributed by atoms with Crippen molar-refractivity contribution in [3.8, 4) is 11.4 Å². The lowest BCUT2D eigenvalue weighted by molar-refractivity contribution is 0.102. The first kappa shape index (κ1) is 18.6. The van der Waals surface area contributed by atoms with Crippen molar-refractivity contribution >= 4 is 11.6 Å². The first-order chi connectivity index (χ1) is 13.1. The molecule has 0 aliphatic heterocycles. The fraction of sp³-hybridized carbons (Fsp3) is 0.200. The molecular formula is C20H20FN3O3. The summed E-state index contributed by atoms with van der Waals surface area (Å²) in [5.41, 5.74) is 2.18. The Morgan fingerprint density at radius 2 is 1.96 bits per heavy atom. The molecule has 1 aromatic heterocycles. The second-order valence-electron chi connectivity index (χ2n) is 5.83. The van der Waals surface area contributed by atoms with Crippen LogP contribution in [0.2, 0.25) is 0 Å².